The van der Waals surface area contributed by atoms with Gasteiger partial charge in [0.25, 0.3) is 20.2 Å². The third-order valence-electron chi connectivity index (χ3n) is 9.05. The second-order valence-corrected chi connectivity index (χ2v) is 14.7. The van der Waals surface area contributed by atoms with E-state index in [4.69, 9.17) is 4.89 Å². The highest BCUT2D eigenvalue weighted by molar-refractivity contribution is 7.86. The fourth-order valence-corrected chi connectivity index (χ4v) is 9.91. The van der Waals surface area contributed by atoms with Crippen LogP contribution in [0.25, 0.3) is 0 Å². The van der Waals surface area contributed by atoms with Gasteiger partial charge >= 0.3 is 0 Å². The number of rotatable bonds is 8. The van der Waals surface area contributed by atoms with Gasteiger partial charge in [0.1, 0.15) is 17.4 Å². The van der Waals surface area contributed by atoms with Crippen LogP contribution in [0.4, 0.5) is 0 Å². The Bertz CT molecular complexity index is 1120. The summed E-state index contributed by atoms with van der Waals surface area (Å²) in [6, 6.07) is -2.72. The summed E-state index contributed by atoms with van der Waals surface area (Å²) in [7, 11) is -8.86. The van der Waals surface area contributed by atoms with Crippen molar-refractivity contribution in [3.8, 4) is 0 Å². The van der Waals surface area contributed by atoms with E-state index in [1.54, 1.807) is 0 Å². The molecular weight excluding hydrogens is 578 g/mol. The van der Waals surface area contributed by atoms with Gasteiger partial charge in [0.05, 0.1) is 17.4 Å². The third kappa shape index (κ3) is 7.12. The van der Waals surface area contributed by atoms with Crippen molar-refractivity contribution in [2.45, 2.75) is 106 Å². The molecule has 0 aliphatic heterocycles. The Morgan fingerprint density at radius 3 is 2.31 bits per heavy atom. The number of hydrogen-bond donors (Lipinski definition) is 5. The van der Waals surface area contributed by atoms with Crippen molar-refractivity contribution in [3.63, 3.8) is 0 Å². The Kier molecular flexibility index (Phi) is 9.96. The van der Waals surface area contributed by atoms with E-state index in [9.17, 15) is 35.8 Å². The minimum Gasteiger partial charge on any atom is -0.390 e. The average Bonchev–Trinajstić information content (AvgIpc) is 2.84. The molecule has 224 valence electrons. The number of thiol groups is 1. The maximum Gasteiger partial charge on any atom is 0.270 e. The summed E-state index contributed by atoms with van der Waals surface area (Å²) in [6.07, 6.45) is 2.27. The Balaban J connectivity index is 1.62. The molecule has 0 heterocycles. The molecule has 1 amide bonds. The van der Waals surface area contributed by atoms with Gasteiger partial charge in [-0.15, -0.1) is 4.33 Å². The van der Waals surface area contributed by atoms with E-state index in [1.807, 2.05) is 0 Å². The third-order valence-corrected chi connectivity index (χ3v) is 11.7. The number of hydrogen-bond acceptors (Lipinski definition) is 12. The predicted molar refractivity (Wildman–Crippen MR) is 138 cm³/mol. The van der Waals surface area contributed by atoms with Gasteiger partial charge in [0.2, 0.25) is 5.91 Å². The molecule has 0 aromatic carbocycles. The molecule has 14 nitrogen and oxygen atoms in total. The van der Waals surface area contributed by atoms with E-state index in [1.165, 1.54) is 6.92 Å². The van der Waals surface area contributed by atoms with Crippen molar-refractivity contribution in [1.82, 2.24) is 5.32 Å². The van der Waals surface area contributed by atoms with Crippen LogP contribution < -0.4 is 5.32 Å². The van der Waals surface area contributed by atoms with Crippen molar-refractivity contribution >= 4 is 39.1 Å². The zero-order chi connectivity index (χ0) is 28.5. The Morgan fingerprint density at radius 2 is 1.67 bits per heavy atom. The molecular formula is C22H37N3O11S3. The van der Waals surface area contributed by atoms with Crippen molar-refractivity contribution in [3.05, 3.63) is 0 Å². The molecule has 4 fully saturated rings. The van der Waals surface area contributed by atoms with Crippen LogP contribution in [-0.2, 0) is 39.3 Å². The molecule has 0 radical (unpaired) electrons. The largest absolute Gasteiger partial charge is 0.390 e. The van der Waals surface area contributed by atoms with E-state index < -0.39 is 78.8 Å². The molecule has 0 aromatic heterocycles. The van der Waals surface area contributed by atoms with Crippen LogP contribution in [0.3, 0.4) is 0 Å². The van der Waals surface area contributed by atoms with Gasteiger partial charge in [-0.05, 0) is 56.3 Å². The molecule has 17 heteroatoms. The summed E-state index contributed by atoms with van der Waals surface area (Å²) in [5, 5.41) is 25.1. The molecule has 39 heavy (non-hydrogen) atoms. The second kappa shape index (κ2) is 12.5. The van der Waals surface area contributed by atoms with Crippen molar-refractivity contribution in [2.75, 3.05) is 0 Å². The number of fused-ring (bicyclic) bond motifs is 2. The monoisotopic (exact) mass is 615 g/mol. The zero-order valence-electron chi connectivity index (χ0n) is 21.5. The van der Waals surface area contributed by atoms with E-state index in [2.05, 4.69) is 37.8 Å². The molecule has 0 bridgehead atoms. The molecule has 4 N–H and O–H groups in total. The summed E-state index contributed by atoms with van der Waals surface area (Å²) < 4.78 is 72.9. The van der Waals surface area contributed by atoms with Gasteiger partial charge in [0.15, 0.2) is 0 Å². The van der Waals surface area contributed by atoms with E-state index >= 15 is 0 Å². The average molecular weight is 616 g/mol. The highest BCUT2D eigenvalue weighted by Crippen LogP contribution is 2.46. The van der Waals surface area contributed by atoms with Gasteiger partial charge in [0, 0.05) is 31.8 Å². The highest BCUT2D eigenvalue weighted by Gasteiger charge is 2.54. The fourth-order valence-electron chi connectivity index (χ4n) is 7.55. The van der Waals surface area contributed by atoms with E-state index in [-0.39, 0.29) is 31.1 Å². The lowest BCUT2D eigenvalue weighted by Gasteiger charge is -2.49. The number of azo groups is 1. The van der Waals surface area contributed by atoms with Crippen molar-refractivity contribution < 1.29 is 50.1 Å². The molecule has 0 saturated heterocycles. The number of aliphatic hydroxyl groups excluding tert-OH is 1. The number of nitrogens with zero attached hydrogens (tertiary/aromatic N) is 2. The summed E-state index contributed by atoms with van der Waals surface area (Å²) in [6.45, 7) is 1.26. The molecule has 4 aliphatic carbocycles. The molecule has 11 unspecified atom stereocenters. The van der Waals surface area contributed by atoms with Crippen molar-refractivity contribution in [1.29, 1.82) is 0 Å². The zero-order valence-corrected chi connectivity index (χ0v) is 24.0. The lowest BCUT2D eigenvalue weighted by Crippen LogP contribution is -2.61. The maximum absolute atomic E-state index is 12.4. The standard InChI is InChI=1S/C22H37N3O11S3/c1-11(26)23-17-10-14(38(28,29)30)8-13-9-18(34-35-36-37)20(21(27)19(13)17)25-24-16-7-6-12-4-2-3-5-15(12)22(16)39(31,32)33/h12-22,27,37H,2-10H2,1H3,(H,23,26)(H,28,29,30)(H,31,32,33). The van der Waals surface area contributed by atoms with Crippen LogP contribution >= 0.6 is 12.9 Å². The minimum atomic E-state index is -4.43. The van der Waals surface area contributed by atoms with Gasteiger partial charge in [-0.1, -0.05) is 24.3 Å². The first kappa shape index (κ1) is 31.0. The van der Waals surface area contributed by atoms with Gasteiger partial charge in [-0.2, -0.15) is 32.0 Å². The fraction of sp³-hybridized carbons (Fsp3) is 0.955. The Labute approximate surface area is 233 Å². The normalized spacial score (nSPS) is 41.5. The molecule has 4 rings (SSSR count). The SMILES string of the molecule is CC(=O)NC1CC(S(=O)(=O)O)CC2CC(OOOS)C(N=NC3CCC4CCCCC4C3S(=O)(=O)O)C(O)C21. The van der Waals surface area contributed by atoms with Gasteiger partial charge in [-0.3, -0.25) is 13.9 Å². The molecule has 0 aromatic rings. The van der Waals surface area contributed by atoms with Gasteiger partial charge < -0.3 is 10.4 Å². The molecule has 0 spiro atoms. The Hall–Kier alpha value is -0.920. The minimum absolute atomic E-state index is 0.00137. The second-order valence-electron chi connectivity index (χ2n) is 11.3. The lowest BCUT2D eigenvalue weighted by atomic mass is 9.64. The number of amides is 1. The maximum atomic E-state index is 12.4. The quantitative estimate of drug-likeness (QED) is 0.0662. The molecule has 4 aliphatic rings. The first-order chi connectivity index (χ1) is 18.3. The van der Waals surface area contributed by atoms with Crippen LogP contribution in [0.5, 0.6) is 0 Å². The Morgan fingerprint density at radius 1 is 0.949 bits per heavy atom. The summed E-state index contributed by atoms with van der Waals surface area (Å²) >= 11 is 3.47. The predicted octanol–water partition coefficient (Wildman–Crippen LogP) is 1.68. The van der Waals surface area contributed by atoms with Crippen LogP contribution in [0.1, 0.15) is 64.7 Å². The first-order valence-corrected chi connectivity index (χ1v) is 16.6. The van der Waals surface area contributed by atoms with E-state index in [0.29, 0.717) is 12.8 Å². The van der Waals surface area contributed by atoms with Crippen molar-refractivity contribution in [2.24, 2.45) is 33.9 Å². The van der Waals surface area contributed by atoms with Crippen LogP contribution in [0, 0.1) is 23.7 Å². The van der Waals surface area contributed by atoms with Gasteiger partial charge in [-0.25, -0.2) is 0 Å². The molecule has 11 atom stereocenters. The van der Waals surface area contributed by atoms with Crippen LogP contribution in [0.2, 0.25) is 0 Å². The number of nitrogens with one attached hydrogen (secondary N) is 1. The number of carbonyl (C=O) groups excluding carboxylic acids is 1. The summed E-state index contributed by atoms with van der Waals surface area (Å²) in [5.74, 6) is -1.68. The lowest BCUT2D eigenvalue weighted by molar-refractivity contribution is -0.482. The van der Waals surface area contributed by atoms with Crippen LogP contribution in [0.15, 0.2) is 10.2 Å². The van der Waals surface area contributed by atoms with E-state index in [0.717, 1.165) is 25.7 Å². The molecule has 4 saturated carbocycles. The number of aliphatic hydroxyl groups is 1. The highest BCUT2D eigenvalue weighted by atomic mass is 32.2. The first-order valence-electron chi connectivity index (χ1n) is 13.2. The topological polar surface area (TPSA) is 210 Å². The van der Waals surface area contributed by atoms with Crippen LogP contribution in [-0.4, -0.2) is 77.8 Å². The summed E-state index contributed by atoms with van der Waals surface area (Å²) in [5.41, 5.74) is 0. The summed E-state index contributed by atoms with van der Waals surface area (Å²) in [4.78, 5) is 17.2. The smallest absolute Gasteiger partial charge is 0.270 e. The number of carbonyl (C=O) groups is 1.